The topological polar surface area (TPSA) is 39.2 Å². The fourth-order valence-corrected chi connectivity index (χ4v) is 3.67. The summed E-state index contributed by atoms with van der Waals surface area (Å²) in [6.45, 7) is 0.233. The third-order valence-electron chi connectivity index (χ3n) is 4.39. The van der Waals surface area contributed by atoms with Crippen molar-refractivity contribution in [1.29, 1.82) is 0 Å². The highest BCUT2D eigenvalue weighted by atomic mass is 32.1. The molecule has 1 aliphatic carbocycles. The van der Waals surface area contributed by atoms with Gasteiger partial charge in [-0.05, 0) is 18.4 Å². The van der Waals surface area contributed by atoms with E-state index < -0.39 is 5.41 Å². The fourth-order valence-electron chi connectivity index (χ4n) is 2.86. The van der Waals surface area contributed by atoms with Crippen LogP contribution in [0.3, 0.4) is 0 Å². The first-order chi connectivity index (χ1) is 11.8. The van der Waals surface area contributed by atoms with E-state index in [2.05, 4.69) is 4.98 Å². The van der Waals surface area contributed by atoms with Crippen molar-refractivity contribution in [3.63, 3.8) is 0 Å². The quantitative estimate of drug-likeness (QED) is 0.640. The number of hydrogen-bond acceptors (Lipinski definition) is 4. The molecule has 0 unspecified atom stereocenters. The first-order valence-corrected chi connectivity index (χ1v) is 8.88. The van der Waals surface area contributed by atoms with Crippen molar-refractivity contribution < 1.29 is 9.53 Å². The molecular weight excluding hydrogens is 318 g/mol. The zero-order valence-electron chi connectivity index (χ0n) is 13.1. The minimum Gasteiger partial charge on any atom is -0.458 e. The van der Waals surface area contributed by atoms with Gasteiger partial charge in [0.2, 0.25) is 0 Å². The van der Waals surface area contributed by atoms with Crippen LogP contribution in [0.2, 0.25) is 0 Å². The Morgan fingerprint density at radius 2 is 1.71 bits per heavy atom. The van der Waals surface area contributed by atoms with Gasteiger partial charge in [0, 0.05) is 10.9 Å². The number of rotatable bonds is 5. The van der Waals surface area contributed by atoms with Gasteiger partial charge in [0.05, 0.1) is 11.1 Å². The normalized spacial score (nSPS) is 15.0. The summed E-state index contributed by atoms with van der Waals surface area (Å²) in [5.74, 6) is -0.136. The highest BCUT2D eigenvalue weighted by molar-refractivity contribution is 7.13. The third-order valence-corrected chi connectivity index (χ3v) is 5.33. The summed E-state index contributed by atoms with van der Waals surface area (Å²) in [5.41, 5.74) is 2.51. The Hall–Kier alpha value is -2.46. The van der Waals surface area contributed by atoms with Gasteiger partial charge >= 0.3 is 5.97 Å². The second kappa shape index (κ2) is 6.21. The van der Waals surface area contributed by atoms with Gasteiger partial charge in [-0.25, -0.2) is 4.98 Å². The molecule has 3 nitrogen and oxygen atoms in total. The van der Waals surface area contributed by atoms with Crippen molar-refractivity contribution in [3.8, 4) is 10.6 Å². The van der Waals surface area contributed by atoms with E-state index in [1.54, 1.807) is 11.3 Å². The molecular formula is C20H17NO2S. The van der Waals surface area contributed by atoms with Crippen molar-refractivity contribution in [1.82, 2.24) is 4.98 Å². The molecule has 0 bridgehead atoms. The molecule has 0 N–H and O–H groups in total. The SMILES string of the molecule is O=C(OCc1csc(-c2ccccc2)n1)C1(c2ccccc2)CC1. The van der Waals surface area contributed by atoms with Crippen molar-refractivity contribution in [2.24, 2.45) is 0 Å². The largest absolute Gasteiger partial charge is 0.458 e. The van der Waals surface area contributed by atoms with Crippen LogP contribution in [0.4, 0.5) is 0 Å². The molecule has 3 aromatic rings. The van der Waals surface area contributed by atoms with E-state index in [1.807, 2.05) is 66.0 Å². The molecule has 0 amide bonds. The van der Waals surface area contributed by atoms with Crippen LogP contribution in [-0.2, 0) is 21.6 Å². The van der Waals surface area contributed by atoms with Crippen LogP contribution >= 0.6 is 11.3 Å². The van der Waals surface area contributed by atoms with E-state index in [0.717, 1.165) is 34.7 Å². The van der Waals surface area contributed by atoms with Crippen molar-refractivity contribution in [3.05, 3.63) is 77.3 Å². The van der Waals surface area contributed by atoms with Gasteiger partial charge in [-0.1, -0.05) is 60.7 Å². The second-order valence-electron chi connectivity index (χ2n) is 6.03. The summed E-state index contributed by atoms with van der Waals surface area (Å²) in [7, 11) is 0. The van der Waals surface area contributed by atoms with E-state index in [-0.39, 0.29) is 12.6 Å². The maximum Gasteiger partial charge on any atom is 0.316 e. The van der Waals surface area contributed by atoms with Crippen molar-refractivity contribution in [2.75, 3.05) is 0 Å². The fraction of sp³-hybridized carbons (Fsp3) is 0.200. The Labute approximate surface area is 144 Å². The van der Waals surface area contributed by atoms with Gasteiger partial charge in [0.25, 0.3) is 0 Å². The predicted octanol–water partition coefficient (Wildman–Crippen LogP) is 4.59. The van der Waals surface area contributed by atoms with Crippen LogP contribution in [0.15, 0.2) is 66.0 Å². The number of aromatic nitrogens is 1. The Balaban J connectivity index is 1.43. The average Bonchev–Trinajstić information content (AvgIpc) is 3.33. The molecule has 0 spiro atoms. The highest BCUT2D eigenvalue weighted by Gasteiger charge is 2.52. The molecule has 24 heavy (non-hydrogen) atoms. The van der Waals surface area contributed by atoms with Crippen molar-refractivity contribution >= 4 is 17.3 Å². The number of carbonyl (C=O) groups excluding carboxylic acids is 1. The molecule has 0 aliphatic heterocycles. The number of carbonyl (C=O) groups is 1. The van der Waals surface area contributed by atoms with E-state index in [4.69, 9.17) is 4.74 Å². The van der Waals surface area contributed by atoms with Crippen LogP contribution in [0, 0.1) is 0 Å². The van der Waals surface area contributed by atoms with E-state index >= 15 is 0 Å². The lowest BCUT2D eigenvalue weighted by Crippen LogP contribution is -2.23. The molecule has 120 valence electrons. The monoisotopic (exact) mass is 335 g/mol. The van der Waals surface area contributed by atoms with E-state index in [9.17, 15) is 4.79 Å². The molecule has 4 rings (SSSR count). The van der Waals surface area contributed by atoms with Crippen LogP contribution in [0.5, 0.6) is 0 Å². The lowest BCUT2D eigenvalue weighted by molar-refractivity contribution is -0.148. The van der Waals surface area contributed by atoms with Crippen LogP contribution in [0.1, 0.15) is 24.1 Å². The number of thiazole rings is 1. The lowest BCUT2D eigenvalue weighted by Gasteiger charge is -2.14. The van der Waals surface area contributed by atoms with Crippen molar-refractivity contribution in [2.45, 2.75) is 24.9 Å². The molecule has 1 aliphatic rings. The van der Waals surface area contributed by atoms with Crippen LogP contribution in [-0.4, -0.2) is 11.0 Å². The molecule has 1 saturated carbocycles. The number of nitrogens with zero attached hydrogens (tertiary/aromatic N) is 1. The van der Waals surface area contributed by atoms with Gasteiger partial charge in [0.1, 0.15) is 11.6 Å². The molecule has 0 atom stereocenters. The molecule has 1 heterocycles. The predicted molar refractivity (Wildman–Crippen MR) is 94.7 cm³/mol. The first-order valence-electron chi connectivity index (χ1n) is 8.00. The smallest absolute Gasteiger partial charge is 0.316 e. The van der Waals surface area contributed by atoms with Gasteiger partial charge in [-0.2, -0.15) is 0 Å². The third kappa shape index (κ3) is 2.85. The summed E-state index contributed by atoms with van der Waals surface area (Å²) >= 11 is 1.57. The Kier molecular flexibility index (Phi) is 3.90. The van der Waals surface area contributed by atoms with Gasteiger partial charge in [0.15, 0.2) is 0 Å². The number of hydrogen-bond donors (Lipinski definition) is 0. The van der Waals surface area contributed by atoms with Crippen LogP contribution < -0.4 is 0 Å². The first kappa shape index (κ1) is 15.1. The average molecular weight is 335 g/mol. The number of esters is 1. The molecule has 1 fully saturated rings. The maximum atomic E-state index is 12.5. The Bertz CT molecular complexity index is 838. The van der Waals surface area contributed by atoms with Gasteiger partial charge < -0.3 is 4.74 Å². The zero-order chi connectivity index (χ0) is 16.4. The molecule has 0 saturated heterocycles. The molecule has 2 aromatic carbocycles. The standard InChI is InChI=1S/C20H17NO2S/c22-19(20(11-12-20)16-9-5-2-6-10-16)23-13-17-14-24-18(21-17)15-7-3-1-4-8-15/h1-10,14H,11-13H2. The molecule has 1 aromatic heterocycles. The summed E-state index contributed by atoms with van der Waals surface area (Å²) in [4.78, 5) is 17.1. The zero-order valence-corrected chi connectivity index (χ0v) is 14.0. The Morgan fingerprint density at radius 3 is 2.38 bits per heavy atom. The summed E-state index contributed by atoms with van der Waals surface area (Å²) in [5, 5.41) is 2.91. The van der Waals surface area contributed by atoms with Gasteiger partial charge in [-0.15, -0.1) is 11.3 Å². The second-order valence-corrected chi connectivity index (χ2v) is 6.89. The summed E-state index contributed by atoms with van der Waals surface area (Å²) < 4.78 is 5.56. The van der Waals surface area contributed by atoms with Crippen LogP contribution in [0.25, 0.3) is 10.6 Å². The minimum absolute atomic E-state index is 0.136. The maximum absolute atomic E-state index is 12.5. The molecule has 0 radical (unpaired) electrons. The number of benzene rings is 2. The highest BCUT2D eigenvalue weighted by Crippen LogP contribution is 2.49. The number of ether oxygens (including phenoxy) is 1. The molecule has 4 heteroatoms. The lowest BCUT2D eigenvalue weighted by atomic mass is 9.96. The minimum atomic E-state index is -0.431. The Morgan fingerprint density at radius 1 is 1.04 bits per heavy atom. The van der Waals surface area contributed by atoms with E-state index in [0.29, 0.717) is 0 Å². The van der Waals surface area contributed by atoms with Gasteiger partial charge in [-0.3, -0.25) is 4.79 Å². The summed E-state index contributed by atoms with van der Waals surface area (Å²) in [6, 6.07) is 19.9. The summed E-state index contributed by atoms with van der Waals surface area (Å²) in [6.07, 6.45) is 1.73. The van der Waals surface area contributed by atoms with E-state index in [1.165, 1.54) is 0 Å².